The van der Waals surface area contributed by atoms with Crippen molar-refractivity contribution >= 4 is 26.0 Å². The molecule has 1 fully saturated rings. The van der Waals surface area contributed by atoms with Crippen LogP contribution in [0.3, 0.4) is 0 Å². The number of hydrogen-bond acceptors (Lipinski definition) is 3. The lowest BCUT2D eigenvalue weighted by atomic mass is 9.80. The molecule has 21 heavy (non-hydrogen) atoms. The lowest BCUT2D eigenvalue weighted by molar-refractivity contribution is 0.249. The zero-order valence-corrected chi connectivity index (χ0v) is 14.7. The molecule has 1 aromatic rings. The van der Waals surface area contributed by atoms with Gasteiger partial charge >= 0.3 is 0 Å². The van der Waals surface area contributed by atoms with Crippen molar-refractivity contribution in [1.29, 1.82) is 0 Å². The Bertz CT molecular complexity index is 603. The van der Waals surface area contributed by atoms with Crippen LogP contribution in [0.25, 0.3) is 0 Å². The summed E-state index contributed by atoms with van der Waals surface area (Å²) in [5, 5.41) is 9.18. The minimum atomic E-state index is -3.58. The van der Waals surface area contributed by atoms with Gasteiger partial charge in [-0.25, -0.2) is 13.1 Å². The van der Waals surface area contributed by atoms with Crippen molar-refractivity contribution in [3.05, 3.63) is 28.2 Å². The predicted molar refractivity (Wildman–Crippen MR) is 86.4 cm³/mol. The molecule has 0 saturated heterocycles. The molecule has 2 rings (SSSR count). The highest BCUT2D eigenvalue weighted by atomic mass is 79.9. The highest BCUT2D eigenvalue weighted by molar-refractivity contribution is 9.10. The van der Waals surface area contributed by atoms with Crippen LogP contribution in [0.5, 0.6) is 0 Å². The second kappa shape index (κ2) is 6.77. The summed E-state index contributed by atoms with van der Waals surface area (Å²) >= 11 is 3.28. The first kappa shape index (κ1) is 16.9. The molecule has 6 heteroatoms. The van der Waals surface area contributed by atoms with Gasteiger partial charge in [-0.2, -0.15) is 0 Å². The number of aliphatic hydroxyl groups excluding tert-OH is 1. The minimum Gasteiger partial charge on any atom is -0.392 e. The van der Waals surface area contributed by atoms with Crippen LogP contribution in [-0.2, 0) is 16.6 Å². The maximum atomic E-state index is 12.6. The van der Waals surface area contributed by atoms with Crippen molar-refractivity contribution in [2.24, 2.45) is 11.8 Å². The van der Waals surface area contributed by atoms with E-state index in [1.54, 1.807) is 12.1 Å². The van der Waals surface area contributed by atoms with E-state index in [0.717, 1.165) is 19.3 Å². The summed E-state index contributed by atoms with van der Waals surface area (Å²) in [6.07, 6.45) is 2.97. The van der Waals surface area contributed by atoms with E-state index in [1.807, 2.05) is 0 Å². The van der Waals surface area contributed by atoms with Gasteiger partial charge in [-0.05, 0) is 64.7 Å². The van der Waals surface area contributed by atoms with Crippen molar-refractivity contribution in [3.8, 4) is 0 Å². The van der Waals surface area contributed by atoms with Crippen LogP contribution in [0.1, 0.15) is 38.7 Å². The fourth-order valence-electron chi connectivity index (χ4n) is 2.96. The molecule has 3 atom stereocenters. The topological polar surface area (TPSA) is 66.4 Å². The van der Waals surface area contributed by atoms with Crippen LogP contribution in [0, 0.1) is 11.8 Å². The molecule has 2 N–H and O–H groups in total. The molecule has 0 aromatic heterocycles. The molecule has 0 aliphatic heterocycles. The third-order valence-corrected chi connectivity index (χ3v) is 6.69. The quantitative estimate of drug-likeness (QED) is 0.849. The van der Waals surface area contributed by atoms with Crippen molar-refractivity contribution in [3.63, 3.8) is 0 Å². The fourth-order valence-corrected chi connectivity index (χ4v) is 5.35. The average Bonchev–Trinajstić information content (AvgIpc) is 2.42. The van der Waals surface area contributed by atoms with Gasteiger partial charge in [-0.1, -0.05) is 19.9 Å². The summed E-state index contributed by atoms with van der Waals surface area (Å²) in [5.74, 6) is 0.994. The Balaban J connectivity index is 2.22. The minimum absolute atomic E-state index is 0.0177. The average molecular weight is 376 g/mol. The van der Waals surface area contributed by atoms with Crippen molar-refractivity contribution in [1.82, 2.24) is 4.72 Å². The van der Waals surface area contributed by atoms with Crippen LogP contribution < -0.4 is 4.72 Å². The van der Waals surface area contributed by atoms with Gasteiger partial charge < -0.3 is 5.11 Å². The van der Waals surface area contributed by atoms with Crippen LogP contribution in [0.2, 0.25) is 0 Å². The predicted octanol–water partition coefficient (Wildman–Crippen LogP) is 3.04. The summed E-state index contributed by atoms with van der Waals surface area (Å²) in [4.78, 5) is 0.194. The van der Waals surface area contributed by atoms with Gasteiger partial charge in [-0.3, -0.25) is 0 Å². The SMILES string of the molecule is CC1CCC(NS(=O)(=O)c2cc(CO)ccc2Br)C(C)C1. The highest BCUT2D eigenvalue weighted by Gasteiger charge is 2.30. The summed E-state index contributed by atoms with van der Waals surface area (Å²) in [7, 11) is -3.58. The van der Waals surface area contributed by atoms with Gasteiger partial charge in [0.15, 0.2) is 0 Å². The largest absolute Gasteiger partial charge is 0.392 e. The molecule has 118 valence electrons. The van der Waals surface area contributed by atoms with Crippen LogP contribution in [-0.4, -0.2) is 19.6 Å². The molecule has 1 aromatic carbocycles. The molecule has 0 radical (unpaired) electrons. The van der Waals surface area contributed by atoms with Gasteiger partial charge in [0.2, 0.25) is 10.0 Å². The van der Waals surface area contributed by atoms with E-state index >= 15 is 0 Å². The second-order valence-electron chi connectivity index (χ2n) is 6.05. The Kier molecular flexibility index (Phi) is 5.46. The van der Waals surface area contributed by atoms with Gasteiger partial charge in [0, 0.05) is 10.5 Å². The van der Waals surface area contributed by atoms with Gasteiger partial charge in [-0.15, -0.1) is 0 Å². The molecule has 0 heterocycles. The zero-order chi connectivity index (χ0) is 15.6. The molecule has 3 unspecified atom stereocenters. The van der Waals surface area contributed by atoms with Crippen LogP contribution in [0.15, 0.2) is 27.6 Å². The summed E-state index contributed by atoms with van der Waals surface area (Å²) in [6.45, 7) is 4.14. The maximum absolute atomic E-state index is 12.6. The lowest BCUT2D eigenvalue weighted by Gasteiger charge is -2.33. The van der Waals surface area contributed by atoms with Crippen LogP contribution >= 0.6 is 15.9 Å². The molecular weight excluding hydrogens is 354 g/mol. The van der Waals surface area contributed by atoms with E-state index in [-0.39, 0.29) is 17.5 Å². The lowest BCUT2D eigenvalue weighted by Crippen LogP contribution is -2.42. The maximum Gasteiger partial charge on any atom is 0.241 e. The molecule has 0 amide bonds. The Hall–Kier alpha value is -0.430. The number of sulfonamides is 1. The fraction of sp³-hybridized carbons (Fsp3) is 0.600. The highest BCUT2D eigenvalue weighted by Crippen LogP contribution is 2.30. The number of rotatable bonds is 4. The van der Waals surface area contributed by atoms with E-state index in [0.29, 0.717) is 21.9 Å². The molecule has 1 aliphatic carbocycles. The van der Waals surface area contributed by atoms with Crippen molar-refractivity contribution in [2.45, 2.75) is 50.7 Å². The Morgan fingerprint density at radius 1 is 1.33 bits per heavy atom. The summed E-state index contributed by atoms with van der Waals surface area (Å²) in [6, 6.07) is 4.86. The Morgan fingerprint density at radius 2 is 2.05 bits per heavy atom. The van der Waals surface area contributed by atoms with E-state index < -0.39 is 10.0 Å². The number of benzene rings is 1. The number of aliphatic hydroxyl groups is 1. The van der Waals surface area contributed by atoms with Crippen molar-refractivity contribution < 1.29 is 13.5 Å². The first-order valence-corrected chi connectivity index (χ1v) is 9.52. The second-order valence-corrected chi connectivity index (χ2v) is 8.58. The molecule has 4 nitrogen and oxygen atoms in total. The number of halogens is 1. The smallest absolute Gasteiger partial charge is 0.241 e. The Labute approximate surface area is 135 Å². The summed E-state index contributed by atoms with van der Waals surface area (Å²) in [5.41, 5.74) is 0.587. The van der Waals surface area contributed by atoms with Crippen molar-refractivity contribution in [2.75, 3.05) is 0 Å². The van der Waals surface area contributed by atoms with E-state index in [2.05, 4.69) is 34.5 Å². The molecule has 1 saturated carbocycles. The van der Waals surface area contributed by atoms with Crippen LogP contribution in [0.4, 0.5) is 0 Å². The summed E-state index contributed by atoms with van der Waals surface area (Å²) < 4.78 is 28.5. The third-order valence-electron chi connectivity index (χ3n) is 4.21. The number of nitrogens with one attached hydrogen (secondary N) is 1. The first-order valence-electron chi connectivity index (χ1n) is 7.25. The molecule has 0 bridgehead atoms. The van der Waals surface area contributed by atoms with Gasteiger partial charge in [0.1, 0.15) is 0 Å². The van der Waals surface area contributed by atoms with Gasteiger partial charge in [0.25, 0.3) is 0 Å². The number of hydrogen-bond donors (Lipinski definition) is 2. The third kappa shape index (κ3) is 4.06. The molecule has 1 aliphatic rings. The van der Waals surface area contributed by atoms with E-state index in [1.165, 1.54) is 6.07 Å². The monoisotopic (exact) mass is 375 g/mol. The molecular formula is C15H22BrNO3S. The standard InChI is InChI=1S/C15H22BrNO3S/c1-10-3-6-14(11(2)7-10)17-21(19,20)15-8-12(9-18)4-5-13(15)16/h4-5,8,10-11,14,17-18H,3,6-7,9H2,1-2H3. The molecule has 0 spiro atoms. The first-order chi connectivity index (χ1) is 9.83. The zero-order valence-electron chi connectivity index (χ0n) is 12.3. The van der Waals surface area contributed by atoms with E-state index in [4.69, 9.17) is 0 Å². The van der Waals surface area contributed by atoms with E-state index in [9.17, 15) is 13.5 Å². The normalized spacial score (nSPS) is 26.8. The van der Waals surface area contributed by atoms with Gasteiger partial charge in [0.05, 0.1) is 11.5 Å². The Morgan fingerprint density at radius 3 is 2.67 bits per heavy atom.